The third-order valence-electron chi connectivity index (χ3n) is 1.69. The predicted octanol–water partition coefficient (Wildman–Crippen LogP) is 2.52. The normalized spacial score (nSPS) is 10.5. The highest BCUT2D eigenvalue weighted by Gasteiger charge is 2.07. The lowest BCUT2D eigenvalue weighted by atomic mass is 10.3. The molecular formula is C9H8N2O2S3. The highest BCUT2D eigenvalue weighted by Crippen LogP contribution is 2.26. The summed E-state index contributed by atoms with van der Waals surface area (Å²) in [6.45, 7) is 0. The van der Waals surface area contributed by atoms with Crippen LogP contribution in [0, 0.1) is 0 Å². The van der Waals surface area contributed by atoms with Crippen molar-refractivity contribution in [2.75, 3.05) is 0 Å². The standard InChI is InChI=1S/C9H8N2O2S3/c12-8(13)1-6-3-15-9(11-6)16-4-7-2-14-5-10-7/h2-3,5H,1,4H2,(H,12,13). The van der Waals surface area contributed by atoms with Gasteiger partial charge in [0.15, 0.2) is 4.34 Å². The SMILES string of the molecule is O=C(O)Cc1csc(SCc2cscn2)n1. The maximum atomic E-state index is 10.5. The van der Waals surface area contributed by atoms with Crippen LogP contribution in [-0.2, 0) is 17.0 Å². The van der Waals surface area contributed by atoms with Gasteiger partial charge < -0.3 is 5.11 Å². The van der Waals surface area contributed by atoms with Crippen molar-refractivity contribution in [1.29, 1.82) is 0 Å². The van der Waals surface area contributed by atoms with Crippen LogP contribution >= 0.6 is 34.4 Å². The Balaban J connectivity index is 1.90. The smallest absolute Gasteiger partial charge is 0.309 e. The van der Waals surface area contributed by atoms with Gasteiger partial charge in [-0.1, -0.05) is 11.8 Å². The summed E-state index contributed by atoms with van der Waals surface area (Å²) in [5.74, 6) is -0.0647. The molecule has 1 N–H and O–H groups in total. The minimum atomic E-state index is -0.846. The fourth-order valence-electron chi connectivity index (χ4n) is 1.04. The molecule has 0 fully saturated rings. The molecule has 0 bridgehead atoms. The number of aliphatic carboxylic acids is 1. The number of carboxylic acids is 1. The van der Waals surface area contributed by atoms with Gasteiger partial charge in [-0.25, -0.2) is 9.97 Å². The molecule has 2 aromatic rings. The molecule has 16 heavy (non-hydrogen) atoms. The summed E-state index contributed by atoms with van der Waals surface area (Å²) in [6, 6.07) is 0. The first-order valence-corrected chi connectivity index (χ1v) is 7.21. The van der Waals surface area contributed by atoms with Gasteiger partial charge in [-0.2, -0.15) is 0 Å². The van der Waals surface area contributed by atoms with Gasteiger partial charge in [-0.05, 0) is 0 Å². The molecule has 0 spiro atoms. The van der Waals surface area contributed by atoms with Gasteiger partial charge in [-0.15, -0.1) is 22.7 Å². The maximum absolute atomic E-state index is 10.5. The zero-order valence-corrected chi connectivity index (χ0v) is 10.6. The average molecular weight is 272 g/mol. The van der Waals surface area contributed by atoms with E-state index in [9.17, 15) is 4.79 Å². The second-order valence-corrected chi connectivity index (χ2v) is 5.74. The molecule has 7 heteroatoms. The molecule has 0 aliphatic carbocycles. The number of nitrogens with zero attached hydrogens (tertiary/aromatic N) is 2. The Labute approximate surface area is 104 Å². The minimum Gasteiger partial charge on any atom is -0.481 e. The number of hydrogen-bond donors (Lipinski definition) is 1. The summed E-state index contributed by atoms with van der Waals surface area (Å²) < 4.78 is 0.893. The Kier molecular flexibility index (Phi) is 3.92. The van der Waals surface area contributed by atoms with Crippen LogP contribution in [0.4, 0.5) is 0 Å². The van der Waals surface area contributed by atoms with Gasteiger partial charge in [0.1, 0.15) is 0 Å². The monoisotopic (exact) mass is 272 g/mol. The Bertz CT molecular complexity index is 467. The molecule has 2 heterocycles. The average Bonchev–Trinajstić information content (AvgIpc) is 2.84. The number of thioether (sulfide) groups is 1. The van der Waals surface area contributed by atoms with E-state index in [-0.39, 0.29) is 6.42 Å². The van der Waals surface area contributed by atoms with Crippen LogP contribution in [0.2, 0.25) is 0 Å². The highest BCUT2D eigenvalue weighted by molar-refractivity contribution is 8.00. The van der Waals surface area contributed by atoms with E-state index < -0.39 is 5.97 Å². The first-order valence-electron chi connectivity index (χ1n) is 4.40. The van der Waals surface area contributed by atoms with Crippen LogP contribution in [-0.4, -0.2) is 21.0 Å². The van der Waals surface area contributed by atoms with Gasteiger partial charge in [0.25, 0.3) is 0 Å². The van der Waals surface area contributed by atoms with Gasteiger partial charge in [0.05, 0.1) is 23.3 Å². The maximum Gasteiger partial charge on any atom is 0.309 e. The molecule has 2 aromatic heterocycles. The third kappa shape index (κ3) is 3.29. The molecule has 0 saturated carbocycles. The van der Waals surface area contributed by atoms with Crippen LogP contribution in [0.1, 0.15) is 11.4 Å². The van der Waals surface area contributed by atoms with Gasteiger partial charge in [0, 0.05) is 16.5 Å². The largest absolute Gasteiger partial charge is 0.481 e. The molecule has 4 nitrogen and oxygen atoms in total. The third-order valence-corrected chi connectivity index (χ3v) is 4.43. The van der Waals surface area contributed by atoms with Gasteiger partial charge in [0.2, 0.25) is 0 Å². The number of carbonyl (C=O) groups is 1. The van der Waals surface area contributed by atoms with E-state index in [0.29, 0.717) is 5.69 Å². The molecule has 0 aliphatic heterocycles. The molecule has 0 amide bonds. The number of hydrogen-bond acceptors (Lipinski definition) is 6. The number of aromatic nitrogens is 2. The van der Waals surface area contributed by atoms with Crippen LogP contribution in [0.15, 0.2) is 20.6 Å². The molecule has 0 atom stereocenters. The molecule has 0 saturated heterocycles. The quantitative estimate of drug-likeness (QED) is 0.847. The van der Waals surface area contributed by atoms with Crippen molar-refractivity contribution in [1.82, 2.24) is 9.97 Å². The summed E-state index contributed by atoms with van der Waals surface area (Å²) in [6.07, 6.45) is -0.00619. The summed E-state index contributed by atoms with van der Waals surface area (Å²) in [4.78, 5) is 18.9. The van der Waals surface area contributed by atoms with E-state index in [2.05, 4.69) is 9.97 Å². The first-order chi connectivity index (χ1) is 7.74. The van der Waals surface area contributed by atoms with Crippen LogP contribution in [0.3, 0.4) is 0 Å². The van der Waals surface area contributed by atoms with E-state index in [0.717, 1.165) is 15.8 Å². The van der Waals surface area contributed by atoms with Crippen molar-refractivity contribution in [2.24, 2.45) is 0 Å². The topological polar surface area (TPSA) is 63.1 Å². The number of carboxylic acid groups (broad SMARTS) is 1. The highest BCUT2D eigenvalue weighted by atomic mass is 32.2. The molecule has 84 valence electrons. The molecule has 0 aromatic carbocycles. The lowest BCUT2D eigenvalue weighted by molar-refractivity contribution is -0.136. The number of rotatable bonds is 5. The molecule has 0 radical (unpaired) electrons. The lowest BCUT2D eigenvalue weighted by Crippen LogP contribution is -1.99. The second-order valence-electron chi connectivity index (χ2n) is 2.94. The Morgan fingerprint density at radius 2 is 2.31 bits per heavy atom. The fraction of sp³-hybridized carbons (Fsp3) is 0.222. The van der Waals surface area contributed by atoms with E-state index in [4.69, 9.17) is 5.11 Å². The van der Waals surface area contributed by atoms with Crippen molar-refractivity contribution in [3.63, 3.8) is 0 Å². The second kappa shape index (κ2) is 5.42. The summed E-state index contributed by atoms with van der Waals surface area (Å²) in [7, 11) is 0. The zero-order valence-electron chi connectivity index (χ0n) is 8.12. The van der Waals surface area contributed by atoms with Crippen molar-refractivity contribution >= 4 is 40.4 Å². The van der Waals surface area contributed by atoms with Crippen LogP contribution in [0.25, 0.3) is 0 Å². The predicted molar refractivity (Wildman–Crippen MR) is 65.1 cm³/mol. The van der Waals surface area contributed by atoms with Crippen molar-refractivity contribution in [3.8, 4) is 0 Å². The van der Waals surface area contributed by atoms with E-state index in [1.54, 1.807) is 34.0 Å². The van der Waals surface area contributed by atoms with Crippen molar-refractivity contribution < 1.29 is 9.90 Å². The Morgan fingerprint density at radius 1 is 1.44 bits per heavy atom. The number of thiazole rings is 2. The minimum absolute atomic E-state index is 0.00619. The molecular weight excluding hydrogens is 264 g/mol. The first kappa shape index (κ1) is 11.6. The lowest BCUT2D eigenvalue weighted by Gasteiger charge is -1.92. The molecule has 0 unspecified atom stereocenters. The Hall–Kier alpha value is -0.920. The molecule has 2 rings (SSSR count). The van der Waals surface area contributed by atoms with Crippen molar-refractivity contribution in [3.05, 3.63) is 27.7 Å². The summed E-state index contributed by atoms with van der Waals surface area (Å²) in [5, 5.41) is 12.4. The Morgan fingerprint density at radius 3 is 3.00 bits per heavy atom. The van der Waals surface area contributed by atoms with E-state index >= 15 is 0 Å². The fourth-order valence-corrected chi connectivity index (χ4v) is 3.45. The van der Waals surface area contributed by atoms with Gasteiger partial charge in [-0.3, -0.25) is 4.79 Å². The van der Waals surface area contributed by atoms with Gasteiger partial charge >= 0.3 is 5.97 Å². The van der Waals surface area contributed by atoms with Crippen LogP contribution < -0.4 is 0 Å². The van der Waals surface area contributed by atoms with E-state index in [1.165, 1.54) is 11.3 Å². The molecule has 0 aliphatic rings. The van der Waals surface area contributed by atoms with Crippen molar-refractivity contribution in [2.45, 2.75) is 16.5 Å². The zero-order chi connectivity index (χ0) is 11.4. The van der Waals surface area contributed by atoms with E-state index in [1.807, 2.05) is 5.38 Å². The van der Waals surface area contributed by atoms with Crippen LogP contribution in [0.5, 0.6) is 0 Å². The summed E-state index contributed by atoms with van der Waals surface area (Å²) in [5.41, 5.74) is 3.46. The summed E-state index contributed by atoms with van der Waals surface area (Å²) >= 11 is 4.63.